The summed E-state index contributed by atoms with van der Waals surface area (Å²) in [6.45, 7) is 6.09. The minimum absolute atomic E-state index is 0.0627. The highest BCUT2D eigenvalue weighted by atomic mass is 35.5. The molecule has 1 fully saturated rings. The number of carbonyl (C=O) groups is 2. The van der Waals surface area contributed by atoms with Gasteiger partial charge >= 0.3 is 5.97 Å². The normalized spacial score (nSPS) is 14.4. The van der Waals surface area contributed by atoms with Gasteiger partial charge in [-0.3, -0.25) is 19.2 Å². The second kappa shape index (κ2) is 12.8. The van der Waals surface area contributed by atoms with E-state index in [9.17, 15) is 18.0 Å². The van der Waals surface area contributed by atoms with E-state index in [-0.39, 0.29) is 35.5 Å². The van der Waals surface area contributed by atoms with Gasteiger partial charge in [-0.15, -0.1) is 0 Å². The van der Waals surface area contributed by atoms with E-state index < -0.39 is 27.5 Å². The van der Waals surface area contributed by atoms with Crippen molar-refractivity contribution in [2.75, 3.05) is 30.1 Å². The number of sulfonamides is 1. The number of hydrogen-bond acceptors (Lipinski definition) is 6. The molecule has 1 heterocycles. The summed E-state index contributed by atoms with van der Waals surface area (Å²) in [5.74, 6) is -1.21. The molecule has 0 aromatic heterocycles. The van der Waals surface area contributed by atoms with Crippen molar-refractivity contribution in [3.8, 4) is 0 Å². The van der Waals surface area contributed by atoms with Crippen LogP contribution in [0.25, 0.3) is 0 Å². The number of nitrogens with zero attached hydrogens (tertiary/aromatic N) is 1. The molecule has 0 spiro atoms. The van der Waals surface area contributed by atoms with E-state index in [2.05, 4.69) is 14.9 Å². The maximum Gasteiger partial charge on any atom is 0.325 e. The summed E-state index contributed by atoms with van der Waals surface area (Å²) < 4.78 is 33.8. The number of carbonyl (C=O) groups excluding carboxylic acids is 2. The van der Waals surface area contributed by atoms with Crippen molar-refractivity contribution < 1.29 is 22.7 Å². The number of hydrogen-bond donors (Lipinski definition) is 2. The molecule has 4 rings (SSSR count). The third kappa shape index (κ3) is 8.94. The lowest BCUT2D eigenvalue weighted by molar-refractivity contribution is -0.153. The van der Waals surface area contributed by atoms with Gasteiger partial charge in [0, 0.05) is 40.3 Å². The van der Waals surface area contributed by atoms with Crippen molar-refractivity contribution in [3.05, 3.63) is 99.5 Å². The van der Waals surface area contributed by atoms with Crippen molar-refractivity contribution in [2.45, 2.75) is 32.4 Å². The quantitative estimate of drug-likeness (QED) is 0.290. The van der Waals surface area contributed by atoms with E-state index in [0.29, 0.717) is 23.1 Å². The summed E-state index contributed by atoms with van der Waals surface area (Å²) >= 11 is 12.2. The van der Waals surface area contributed by atoms with Gasteiger partial charge in [-0.05, 0) is 74.4 Å². The standard InChI is InChI=1S/C30H33Cl2N3O5S/c1-30(2,3)40-27(36)16-33-29(37)23-5-4-6-26(15-23)34-41(38,39)19-20-17-35(18-20)28(21-7-11-24(31)12-8-21)22-9-13-25(32)14-10-22/h4-15,20,28,34H,16-19H2,1-3H3,(H,33,37). The fourth-order valence-corrected chi connectivity index (χ4v) is 6.37. The largest absolute Gasteiger partial charge is 0.459 e. The van der Waals surface area contributed by atoms with Crippen molar-refractivity contribution in [2.24, 2.45) is 5.92 Å². The Balaban J connectivity index is 1.36. The number of ether oxygens (including phenoxy) is 1. The van der Waals surface area contributed by atoms with Gasteiger partial charge in [-0.2, -0.15) is 0 Å². The summed E-state index contributed by atoms with van der Waals surface area (Å²) in [4.78, 5) is 26.6. The van der Waals surface area contributed by atoms with Crippen LogP contribution in [-0.2, 0) is 19.6 Å². The third-order valence-electron chi connectivity index (χ3n) is 6.39. The number of esters is 1. The van der Waals surface area contributed by atoms with E-state index in [1.54, 1.807) is 39.0 Å². The predicted octanol–water partition coefficient (Wildman–Crippen LogP) is 5.53. The Kier molecular flexibility index (Phi) is 9.64. The van der Waals surface area contributed by atoms with Crippen molar-refractivity contribution >= 4 is 50.8 Å². The lowest BCUT2D eigenvalue weighted by atomic mass is 9.91. The molecular formula is C30H33Cl2N3O5S. The molecule has 218 valence electrons. The molecule has 3 aromatic carbocycles. The Morgan fingerprint density at radius 2 is 1.51 bits per heavy atom. The number of halogens is 2. The van der Waals surface area contributed by atoms with Gasteiger partial charge in [-0.25, -0.2) is 8.42 Å². The Bertz CT molecular complexity index is 1440. The van der Waals surface area contributed by atoms with Gasteiger partial charge in [0.1, 0.15) is 12.1 Å². The Hall–Kier alpha value is -3.11. The van der Waals surface area contributed by atoms with Crippen LogP contribution in [0.1, 0.15) is 48.3 Å². The molecule has 0 saturated carbocycles. The third-order valence-corrected chi connectivity index (χ3v) is 8.35. The fourth-order valence-electron chi connectivity index (χ4n) is 4.72. The van der Waals surface area contributed by atoms with Crippen LogP contribution in [0, 0.1) is 5.92 Å². The molecule has 1 saturated heterocycles. The molecule has 1 aliphatic heterocycles. The van der Waals surface area contributed by atoms with Gasteiger partial charge in [0.05, 0.1) is 11.8 Å². The number of anilines is 1. The van der Waals surface area contributed by atoms with Gasteiger partial charge in [0.25, 0.3) is 5.91 Å². The minimum atomic E-state index is -3.69. The smallest absolute Gasteiger partial charge is 0.325 e. The monoisotopic (exact) mass is 617 g/mol. The average molecular weight is 619 g/mol. The highest BCUT2D eigenvalue weighted by molar-refractivity contribution is 7.92. The second-order valence-electron chi connectivity index (χ2n) is 11.1. The fraction of sp³-hybridized carbons (Fsp3) is 0.333. The van der Waals surface area contributed by atoms with E-state index in [4.69, 9.17) is 27.9 Å². The summed E-state index contributed by atoms with van der Waals surface area (Å²) in [6, 6.07) is 21.4. The molecule has 41 heavy (non-hydrogen) atoms. The van der Waals surface area contributed by atoms with E-state index in [0.717, 1.165) is 11.1 Å². The van der Waals surface area contributed by atoms with E-state index in [1.165, 1.54) is 6.07 Å². The molecule has 1 aliphatic rings. The molecule has 0 unspecified atom stereocenters. The zero-order valence-corrected chi connectivity index (χ0v) is 25.4. The average Bonchev–Trinajstić information content (AvgIpc) is 2.86. The van der Waals surface area contributed by atoms with E-state index in [1.807, 2.05) is 48.5 Å². The summed E-state index contributed by atoms with van der Waals surface area (Å²) in [6.07, 6.45) is 0. The highest BCUT2D eigenvalue weighted by Gasteiger charge is 2.36. The highest BCUT2D eigenvalue weighted by Crippen LogP contribution is 2.36. The van der Waals surface area contributed by atoms with Gasteiger partial charge in [0.15, 0.2) is 0 Å². The van der Waals surface area contributed by atoms with Crippen LogP contribution in [0.5, 0.6) is 0 Å². The predicted molar refractivity (Wildman–Crippen MR) is 162 cm³/mol. The van der Waals surface area contributed by atoms with Gasteiger partial charge < -0.3 is 10.1 Å². The number of amides is 1. The molecular weight excluding hydrogens is 585 g/mol. The number of rotatable bonds is 10. The zero-order chi connectivity index (χ0) is 29.8. The molecule has 8 nitrogen and oxygen atoms in total. The van der Waals surface area contributed by atoms with Crippen LogP contribution in [0.3, 0.4) is 0 Å². The van der Waals surface area contributed by atoms with Gasteiger partial charge in [-0.1, -0.05) is 53.5 Å². The number of nitrogens with one attached hydrogen (secondary N) is 2. The van der Waals surface area contributed by atoms with Crippen LogP contribution >= 0.6 is 23.2 Å². The van der Waals surface area contributed by atoms with Crippen molar-refractivity contribution in [1.29, 1.82) is 0 Å². The SMILES string of the molecule is CC(C)(C)OC(=O)CNC(=O)c1cccc(NS(=O)(=O)CC2CN(C(c3ccc(Cl)cc3)c3ccc(Cl)cc3)C2)c1. The van der Waals surface area contributed by atoms with Crippen LogP contribution in [-0.4, -0.2) is 56.2 Å². The molecule has 0 radical (unpaired) electrons. The molecule has 0 aliphatic carbocycles. The summed E-state index contributed by atoms with van der Waals surface area (Å²) in [5, 5.41) is 3.79. The zero-order valence-electron chi connectivity index (χ0n) is 23.1. The first-order valence-corrected chi connectivity index (χ1v) is 15.5. The van der Waals surface area contributed by atoms with Crippen LogP contribution in [0.4, 0.5) is 5.69 Å². The van der Waals surface area contributed by atoms with Crippen LogP contribution in [0.2, 0.25) is 10.0 Å². The summed E-state index contributed by atoms with van der Waals surface area (Å²) in [7, 11) is -3.69. The first-order chi connectivity index (χ1) is 19.3. The first-order valence-electron chi connectivity index (χ1n) is 13.1. The Morgan fingerprint density at radius 1 is 0.951 bits per heavy atom. The molecule has 0 bridgehead atoms. The van der Waals surface area contributed by atoms with Crippen LogP contribution < -0.4 is 10.0 Å². The van der Waals surface area contributed by atoms with Crippen molar-refractivity contribution in [1.82, 2.24) is 10.2 Å². The van der Waals surface area contributed by atoms with Gasteiger partial charge in [0.2, 0.25) is 10.0 Å². The molecule has 3 aromatic rings. The minimum Gasteiger partial charge on any atom is -0.459 e. The molecule has 11 heteroatoms. The molecule has 1 amide bonds. The second-order valence-corrected chi connectivity index (χ2v) is 13.7. The first kappa shape index (κ1) is 30.8. The van der Waals surface area contributed by atoms with E-state index >= 15 is 0 Å². The molecule has 2 N–H and O–H groups in total. The number of likely N-dealkylation sites (tertiary alicyclic amines) is 1. The summed E-state index contributed by atoms with van der Waals surface area (Å²) in [5.41, 5.74) is 1.93. The van der Waals surface area contributed by atoms with Crippen LogP contribution in [0.15, 0.2) is 72.8 Å². The maximum atomic E-state index is 13.0. The lowest BCUT2D eigenvalue weighted by Gasteiger charge is -2.44. The molecule has 0 atom stereocenters. The van der Waals surface area contributed by atoms with Crippen molar-refractivity contribution in [3.63, 3.8) is 0 Å². The Morgan fingerprint density at radius 3 is 2.05 bits per heavy atom. The Labute approximate surface area is 251 Å². The lowest BCUT2D eigenvalue weighted by Crippen LogP contribution is -2.51. The maximum absolute atomic E-state index is 13.0. The topological polar surface area (TPSA) is 105 Å². The number of benzene rings is 3.